The Balaban J connectivity index is 1.73. The molecule has 1 saturated heterocycles. The summed E-state index contributed by atoms with van der Waals surface area (Å²) >= 11 is 0. The molecule has 1 amide bonds. The van der Waals surface area contributed by atoms with E-state index in [0.717, 1.165) is 11.3 Å². The lowest BCUT2D eigenvalue weighted by atomic mass is 9.96. The SMILES string of the molecule is CCOC(=O)C1CCN(C(=O)c2cccc3[nH]c(C)nc23)CC1. The third-order valence-electron chi connectivity index (χ3n) is 4.26. The highest BCUT2D eigenvalue weighted by atomic mass is 16.5. The Kier molecular flexibility index (Phi) is 4.32. The summed E-state index contributed by atoms with van der Waals surface area (Å²) in [5, 5.41) is 0. The topological polar surface area (TPSA) is 75.3 Å². The number of esters is 1. The number of fused-ring (bicyclic) bond motifs is 1. The van der Waals surface area contributed by atoms with Gasteiger partial charge in [-0.25, -0.2) is 4.98 Å². The van der Waals surface area contributed by atoms with Crippen molar-refractivity contribution in [2.45, 2.75) is 26.7 Å². The predicted molar refractivity (Wildman–Crippen MR) is 86.1 cm³/mol. The molecule has 2 aromatic rings. The molecular formula is C17H21N3O3. The van der Waals surface area contributed by atoms with Gasteiger partial charge in [0.25, 0.3) is 5.91 Å². The molecule has 0 radical (unpaired) electrons. The highest BCUT2D eigenvalue weighted by Gasteiger charge is 2.29. The number of aryl methyl sites for hydroxylation is 1. The van der Waals surface area contributed by atoms with Crippen molar-refractivity contribution in [3.8, 4) is 0 Å². The van der Waals surface area contributed by atoms with Crippen molar-refractivity contribution in [3.05, 3.63) is 29.6 Å². The fourth-order valence-electron chi connectivity index (χ4n) is 3.08. The Morgan fingerprint density at radius 3 is 2.78 bits per heavy atom. The summed E-state index contributed by atoms with van der Waals surface area (Å²) in [6.45, 7) is 5.23. The summed E-state index contributed by atoms with van der Waals surface area (Å²) < 4.78 is 5.07. The molecule has 6 heteroatoms. The molecule has 0 aliphatic carbocycles. The first-order chi connectivity index (χ1) is 11.1. The van der Waals surface area contributed by atoms with Gasteiger partial charge in [-0.2, -0.15) is 0 Å². The molecule has 0 atom stereocenters. The molecule has 1 aliphatic rings. The van der Waals surface area contributed by atoms with Crippen LogP contribution in [0.2, 0.25) is 0 Å². The zero-order valence-electron chi connectivity index (χ0n) is 13.5. The number of benzene rings is 1. The zero-order chi connectivity index (χ0) is 16.4. The Hall–Kier alpha value is -2.37. The smallest absolute Gasteiger partial charge is 0.309 e. The van der Waals surface area contributed by atoms with Gasteiger partial charge in [0, 0.05) is 13.1 Å². The summed E-state index contributed by atoms with van der Waals surface area (Å²) in [5.74, 6) is 0.526. The number of hydrogen-bond donors (Lipinski definition) is 1. The summed E-state index contributed by atoms with van der Waals surface area (Å²) in [6.07, 6.45) is 1.31. The van der Waals surface area contributed by atoms with Crippen LogP contribution in [-0.4, -0.2) is 46.4 Å². The number of para-hydroxylation sites is 1. The van der Waals surface area contributed by atoms with Crippen LogP contribution in [0.25, 0.3) is 11.0 Å². The van der Waals surface area contributed by atoms with Gasteiger partial charge in [-0.05, 0) is 38.8 Å². The average Bonchev–Trinajstić information content (AvgIpc) is 2.94. The lowest BCUT2D eigenvalue weighted by Crippen LogP contribution is -2.40. The number of imidazole rings is 1. The standard InChI is InChI=1S/C17H21N3O3/c1-3-23-17(22)12-7-9-20(10-8-12)16(21)13-5-4-6-14-15(13)19-11(2)18-14/h4-6,12H,3,7-10H2,1-2H3,(H,18,19). The summed E-state index contributed by atoms with van der Waals surface area (Å²) in [4.78, 5) is 33.9. The molecule has 3 rings (SSSR count). The first kappa shape index (κ1) is 15.5. The summed E-state index contributed by atoms with van der Waals surface area (Å²) in [6, 6.07) is 5.58. The van der Waals surface area contributed by atoms with E-state index in [1.54, 1.807) is 4.90 Å². The maximum atomic E-state index is 12.8. The van der Waals surface area contributed by atoms with Crippen LogP contribution in [0, 0.1) is 12.8 Å². The second-order valence-electron chi connectivity index (χ2n) is 5.84. The van der Waals surface area contributed by atoms with Crippen LogP contribution in [0.3, 0.4) is 0 Å². The molecule has 0 unspecified atom stereocenters. The van der Waals surface area contributed by atoms with Gasteiger partial charge < -0.3 is 14.6 Å². The van der Waals surface area contributed by atoms with Crippen molar-refractivity contribution >= 4 is 22.9 Å². The quantitative estimate of drug-likeness (QED) is 0.882. The number of aromatic nitrogens is 2. The molecule has 122 valence electrons. The first-order valence-electron chi connectivity index (χ1n) is 8.01. The van der Waals surface area contributed by atoms with Gasteiger partial charge >= 0.3 is 5.97 Å². The van der Waals surface area contributed by atoms with E-state index in [0.29, 0.717) is 43.6 Å². The van der Waals surface area contributed by atoms with Crippen molar-refractivity contribution in [2.24, 2.45) is 5.92 Å². The number of nitrogens with zero attached hydrogens (tertiary/aromatic N) is 2. The van der Waals surface area contributed by atoms with E-state index in [1.165, 1.54) is 0 Å². The average molecular weight is 315 g/mol. The number of rotatable bonds is 3. The number of ether oxygens (including phenoxy) is 1. The van der Waals surface area contributed by atoms with Crippen molar-refractivity contribution in [2.75, 3.05) is 19.7 Å². The summed E-state index contributed by atoms with van der Waals surface area (Å²) in [7, 11) is 0. The number of likely N-dealkylation sites (tertiary alicyclic amines) is 1. The molecule has 1 aromatic heterocycles. The molecule has 1 N–H and O–H groups in total. The fourth-order valence-corrected chi connectivity index (χ4v) is 3.08. The highest BCUT2D eigenvalue weighted by Crippen LogP contribution is 2.23. The third kappa shape index (κ3) is 3.06. The third-order valence-corrected chi connectivity index (χ3v) is 4.26. The van der Waals surface area contributed by atoms with Crippen LogP contribution in [0.4, 0.5) is 0 Å². The summed E-state index contributed by atoms with van der Waals surface area (Å²) in [5.41, 5.74) is 2.19. The van der Waals surface area contributed by atoms with Crippen LogP contribution in [0.15, 0.2) is 18.2 Å². The van der Waals surface area contributed by atoms with E-state index in [4.69, 9.17) is 4.74 Å². The van der Waals surface area contributed by atoms with Crippen LogP contribution in [0.1, 0.15) is 35.9 Å². The molecule has 6 nitrogen and oxygen atoms in total. The molecule has 1 aliphatic heterocycles. The maximum absolute atomic E-state index is 12.8. The van der Waals surface area contributed by atoms with Gasteiger partial charge in [0.2, 0.25) is 0 Å². The van der Waals surface area contributed by atoms with Crippen LogP contribution in [0.5, 0.6) is 0 Å². The fraction of sp³-hybridized carbons (Fsp3) is 0.471. The largest absolute Gasteiger partial charge is 0.466 e. The van der Waals surface area contributed by atoms with E-state index >= 15 is 0 Å². The monoisotopic (exact) mass is 315 g/mol. The Morgan fingerprint density at radius 1 is 1.35 bits per heavy atom. The minimum atomic E-state index is -0.148. The molecule has 1 fully saturated rings. The predicted octanol–water partition coefficient (Wildman–Crippen LogP) is 2.29. The molecule has 0 saturated carbocycles. The van der Waals surface area contributed by atoms with Gasteiger partial charge in [-0.1, -0.05) is 6.07 Å². The highest BCUT2D eigenvalue weighted by molar-refractivity contribution is 6.05. The van der Waals surface area contributed by atoms with Crippen LogP contribution < -0.4 is 0 Å². The van der Waals surface area contributed by atoms with Crippen molar-refractivity contribution in [3.63, 3.8) is 0 Å². The Morgan fingerprint density at radius 2 is 2.09 bits per heavy atom. The normalized spacial score (nSPS) is 15.8. The first-order valence-corrected chi connectivity index (χ1v) is 8.01. The molecule has 1 aromatic carbocycles. The van der Waals surface area contributed by atoms with E-state index in [2.05, 4.69) is 9.97 Å². The number of amides is 1. The van der Waals surface area contributed by atoms with Gasteiger partial charge in [-0.15, -0.1) is 0 Å². The molecule has 0 spiro atoms. The zero-order valence-corrected chi connectivity index (χ0v) is 13.5. The van der Waals surface area contributed by atoms with E-state index in [9.17, 15) is 9.59 Å². The number of aromatic amines is 1. The lowest BCUT2D eigenvalue weighted by molar-refractivity contribution is -0.149. The second-order valence-corrected chi connectivity index (χ2v) is 5.84. The van der Waals surface area contributed by atoms with E-state index in [-0.39, 0.29) is 17.8 Å². The molecule has 23 heavy (non-hydrogen) atoms. The van der Waals surface area contributed by atoms with Crippen LogP contribution >= 0.6 is 0 Å². The van der Waals surface area contributed by atoms with Gasteiger partial charge in [-0.3, -0.25) is 9.59 Å². The number of carbonyl (C=O) groups excluding carboxylic acids is 2. The minimum absolute atomic E-state index is 0.0237. The number of H-pyrrole nitrogens is 1. The van der Waals surface area contributed by atoms with Crippen molar-refractivity contribution in [1.29, 1.82) is 0 Å². The Labute approximate surface area is 134 Å². The Bertz CT molecular complexity index is 730. The van der Waals surface area contributed by atoms with Crippen LogP contribution in [-0.2, 0) is 9.53 Å². The van der Waals surface area contributed by atoms with Gasteiger partial charge in [0.15, 0.2) is 0 Å². The van der Waals surface area contributed by atoms with Crippen molar-refractivity contribution < 1.29 is 14.3 Å². The minimum Gasteiger partial charge on any atom is -0.466 e. The number of hydrogen-bond acceptors (Lipinski definition) is 4. The van der Waals surface area contributed by atoms with Crippen molar-refractivity contribution in [1.82, 2.24) is 14.9 Å². The second kappa shape index (κ2) is 6.40. The number of piperidine rings is 1. The molecule has 0 bridgehead atoms. The van der Waals surface area contributed by atoms with Gasteiger partial charge in [0.1, 0.15) is 11.3 Å². The van der Waals surface area contributed by atoms with E-state index < -0.39 is 0 Å². The number of nitrogens with one attached hydrogen (secondary N) is 1. The maximum Gasteiger partial charge on any atom is 0.309 e. The number of carbonyl (C=O) groups is 2. The van der Waals surface area contributed by atoms with Gasteiger partial charge in [0.05, 0.1) is 23.6 Å². The van der Waals surface area contributed by atoms with E-state index in [1.807, 2.05) is 32.0 Å². The molecular weight excluding hydrogens is 294 g/mol. The lowest BCUT2D eigenvalue weighted by Gasteiger charge is -2.31. The molecule has 2 heterocycles.